The number of amides is 2. The fourth-order valence-electron chi connectivity index (χ4n) is 2.67. The van der Waals surface area contributed by atoms with Gasteiger partial charge in [0.05, 0.1) is 11.4 Å². The fraction of sp³-hybridized carbons (Fsp3) is 0.158. The Labute approximate surface area is 145 Å². The third-order valence-corrected chi connectivity index (χ3v) is 4.04. The number of benzene rings is 2. The number of nitrogens with one attached hydrogen (secondary N) is 1. The van der Waals surface area contributed by atoms with E-state index in [1.165, 1.54) is 6.08 Å². The molecule has 1 aliphatic heterocycles. The minimum Gasteiger partial charge on any atom is -0.321 e. The van der Waals surface area contributed by atoms with Crippen LogP contribution in [0.3, 0.4) is 0 Å². The molecule has 1 saturated heterocycles. The zero-order valence-electron chi connectivity index (χ0n) is 13.0. The van der Waals surface area contributed by atoms with E-state index >= 15 is 0 Å². The van der Waals surface area contributed by atoms with E-state index in [4.69, 9.17) is 11.6 Å². The quantitative estimate of drug-likeness (QED) is 0.851. The average molecular weight is 341 g/mol. The number of halogens is 1. The monoisotopic (exact) mass is 340 g/mol. The van der Waals surface area contributed by atoms with Crippen molar-refractivity contribution < 1.29 is 9.59 Å². The second-order valence-corrected chi connectivity index (χ2v) is 5.98. The van der Waals surface area contributed by atoms with E-state index in [0.717, 1.165) is 17.7 Å². The number of hydrogen-bond donors (Lipinski definition) is 1. The molecule has 24 heavy (non-hydrogen) atoms. The molecule has 2 amide bonds. The SMILES string of the molecule is O=C(/C=C/c1cccc(Cl)c1)Nc1ccccc1N1CCCC1=O. The predicted molar refractivity (Wildman–Crippen MR) is 97.1 cm³/mol. The lowest BCUT2D eigenvalue weighted by Gasteiger charge is -2.19. The topological polar surface area (TPSA) is 49.4 Å². The molecular weight excluding hydrogens is 324 g/mol. The summed E-state index contributed by atoms with van der Waals surface area (Å²) in [4.78, 5) is 25.8. The van der Waals surface area contributed by atoms with Gasteiger partial charge in [-0.2, -0.15) is 0 Å². The molecule has 0 bridgehead atoms. The van der Waals surface area contributed by atoms with E-state index in [-0.39, 0.29) is 11.8 Å². The summed E-state index contributed by atoms with van der Waals surface area (Å²) >= 11 is 5.93. The Hall–Kier alpha value is -2.59. The van der Waals surface area contributed by atoms with Crippen LogP contribution in [0.5, 0.6) is 0 Å². The van der Waals surface area contributed by atoms with Crippen LogP contribution in [-0.2, 0) is 9.59 Å². The summed E-state index contributed by atoms with van der Waals surface area (Å²) in [5.41, 5.74) is 2.22. The molecule has 2 aromatic carbocycles. The van der Waals surface area contributed by atoms with Gasteiger partial charge in [-0.05, 0) is 42.3 Å². The molecule has 0 aliphatic carbocycles. The number of rotatable bonds is 4. The average Bonchev–Trinajstić information content (AvgIpc) is 2.99. The Balaban J connectivity index is 1.74. The van der Waals surface area contributed by atoms with E-state index in [2.05, 4.69) is 5.32 Å². The van der Waals surface area contributed by atoms with Crippen LogP contribution in [0.15, 0.2) is 54.6 Å². The Morgan fingerprint density at radius 2 is 2.00 bits per heavy atom. The molecule has 0 aromatic heterocycles. The second kappa shape index (κ2) is 7.32. The standard InChI is InChI=1S/C19H17ClN2O2/c20-15-6-3-5-14(13-15)10-11-18(23)21-16-7-1-2-8-17(16)22-12-4-9-19(22)24/h1-3,5-8,10-11,13H,4,9,12H2,(H,21,23)/b11-10+. The van der Waals surface area contributed by atoms with Gasteiger partial charge in [0, 0.05) is 24.1 Å². The highest BCUT2D eigenvalue weighted by Crippen LogP contribution is 2.29. The molecule has 1 heterocycles. The molecule has 0 saturated carbocycles. The molecule has 3 rings (SSSR count). The van der Waals surface area contributed by atoms with Crippen molar-refractivity contribution in [3.05, 3.63) is 65.2 Å². The molecule has 1 aliphatic rings. The van der Waals surface area contributed by atoms with Crippen LogP contribution < -0.4 is 10.2 Å². The highest BCUT2D eigenvalue weighted by atomic mass is 35.5. The summed E-state index contributed by atoms with van der Waals surface area (Å²) in [5.74, 6) is -0.166. The van der Waals surface area contributed by atoms with Gasteiger partial charge >= 0.3 is 0 Å². The number of para-hydroxylation sites is 2. The lowest BCUT2D eigenvalue weighted by atomic mass is 10.2. The predicted octanol–water partition coefficient (Wildman–Crippen LogP) is 4.12. The Bertz CT molecular complexity index is 801. The molecule has 0 spiro atoms. The van der Waals surface area contributed by atoms with Gasteiger partial charge in [-0.15, -0.1) is 0 Å². The van der Waals surface area contributed by atoms with Gasteiger partial charge in [0.2, 0.25) is 11.8 Å². The molecule has 2 aromatic rings. The van der Waals surface area contributed by atoms with Crippen LogP contribution in [0.4, 0.5) is 11.4 Å². The van der Waals surface area contributed by atoms with E-state index in [9.17, 15) is 9.59 Å². The van der Waals surface area contributed by atoms with Crippen molar-refractivity contribution >= 4 is 40.9 Å². The smallest absolute Gasteiger partial charge is 0.248 e. The van der Waals surface area contributed by atoms with E-state index in [1.54, 1.807) is 29.2 Å². The first-order valence-corrected chi connectivity index (χ1v) is 8.15. The Morgan fingerprint density at radius 3 is 2.75 bits per heavy atom. The lowest BCUT2D eigenvalue weighted by Crippen LogP contribution is -2.25. The van der Waals surface area contributed by atoms with Gasteiger partial charge < -0.3 is 10.2 Å². The summed E-state index contributed by atoms with van der Waals surface area (Å²) in [7, 11) is 0. The zero-order valence-corrected chi connectivity index (χ0v) is 13.8. The minimum absolute atomic E-state index is 0.0890. The van der Waals surface area contributed by atoms with Crippen molar-refractivity contribution in [3.8, 4) is 0 Å². The van der Waals surface area contributed by atoms with Gasteiger partial charge in [-0.3, -0.25) is 9.59 Å². The summed E-state index contributed by atoms with van der Waals surface area (Å²) in [6, 6.07) is 14.6. The van der Waals surface area contributed by atoms with Crippen molar-refractivity contribution in [2.45, 2.75) is 12.8 Å². The van der Waals surface area contributed by atoms with Crippen molar-refractivity contribution in [3.63, 3.8) is 0 Å². The lowest BCUT2D eigenvalue weighted by molar-refractivity contribution is -0.117. The van der Waals surface area contributed by atoms with E-state index < -0.39 is 0 Å². The van der Waals surface area contributed by atoms with Gasteiger partial charge in [0.15, 0.2) is 0 Å². The summed E-state index contributed by atoms with van der Waals surface area (Å²) in [5, 5.41) is 3.46. The van der Waals surface area contributed by atoms with Gasteiger partial charge in [-0.25, -0.2) is 0 Å². The van der Waals surface area contributed by atoms with Gasteiger partial charge in [0.25, 0.3) is 0 Å². The van der Waals surface area contributed by atoms with Crippen LogP contribution >= 0.6 is 11.6 Å². The molecule has 1 N–H and O–H groups in total. The molecule has 122 valence electrons. The molecular formula is C19H17ClN2O2. The Morgan fingerprint density at radius 1 is 1.17 bits per heavy atom. The summed E-state index contributed by atoms with van der Waals surface area (Å²) in [6.07, 6.45) is 4.55. The summed E-state index contributed by atoms with van der Waals surface area (Å²) < 4.78 is 0. The number of anilines is 2. The van der Waals surface area contributed by atoms with E-state index in [0.29, 0.717) is 23.7 Å². The first-order valence-electron chi connectivity index (χ1n) is 7.77. The largest absolute Gasteiger partial charge is 0.321 e. The molecule has 0 radical (unpaired) electrons. The van der Waals surface area contributed by atoms with Crippen LogP contribution in [0.25, 0.3) is 6.08 Å². The zero-order chi connectivity index (χ0) is 16.9. The second-order valence-electron chi connectivity index (χ2n) is 5.54. The summed E-state index contributed by atoms with van der Waals surface area (Å²) in [6.45, 7) is 0.685. The number of nitrogens with zero attached hydrogens (tertiary/aromatic N) is 1. The van der Waals surface area contributed by atoms with Crippen LogP contribution in [-0.4, -0.2) is 18.4 Å². The highest BCUT2D eigenvalue weighted by Gasteiger charge is 2.23. The van der Waals surface area contributed by atoms with Crippen LogP contribution in [0.1, 0.15) is 18.4 Å². The number of carbonyl (C=O) groups is 2. The number of carbonyl (C=O) groups excluding carboxylic acids is 2. The first kappa shape index (κ1) is 16.3. The van der Waals surface area contributed by atoms with Crippen molar-refractivity contribution in [1.29, 1.82) is 0 Å². The maximum atomic E-state index is 12.2. The molecule has 4 nitrogen and oxygen atoms in total. The van der Waals surface area contributed by atoms with Crippen LogP contribution in [0, 0.1) is 0 Å². The van der Waals surface area contributed by atoms with Crippen molar-refractivity contribution in [2.75, 3.05) is 16.8 Å². The molecule has 0 unspecified atom stereocenters. The normalized spacial score (nSPS) is 14.4. The minimum atomic E-state index is -0.255. The Kier molecular flexibility index (Phi) is 4.96. The first-order chi connectivity index (χ1) is 11.6. The van der Waals surface area contributed by atoms with Crippen LogP contribution in [0.2, 0.25) is 5.02 Å². The third kappa shape index (κ3) is 3.84. The maximum Gasteiger partial charge on any atom is 0.248 e. The maximum absolute atomic E-state index is 12.2. The molecule has 1 fully saturated rings. The third-order valence-electron chi connectivity index (χ3n) is 3.80. The molecule has 5 heteroatoms. The fourth-order valence-corrected chi connectivity index (χ4v) is 2.87. The highest BCUT2D eigenvalue weighted by molar-refractivity contribution is 6.30. The molecule has 0 atom stereocenters. The van der Waals surface area contributed by atoms with Gasteiger partial charge in [-0.1, -0.05) is 35.9 Å². The van der Waals surface area contributed by atoms with Crippen molar-refractivity contribution in [2.24, 2.45) is 0 Å². The number of hydrogen-bond acceptors (Lipinski definition) is 2. The van der Waals surface area contributed by atoms with Gasteiger partial charge in [0.1, 0.15) is 0 Å². The van der Waals surface area contributed by atoms with E-state index in [1.807, 2.05) is 30.3 Å². The van der Waals surface area contributed by atoms with Crippen molar-refractivity contribution in [1.82, 2.24) is 0 Å².